The Bertz CT molecular complexity index is 1500. The molecule has 0 aliphatic carbocycles. The molecule has 0 atom stereocenters. The first-order valence-electron chi connectivity index (χ1n) is 16.4. The Morgan fingerprint density at radius 1 is 0.765 bits per heavy atom. The molecule has 0 spiro atoms. The summed E-state index contributed by atoms with van der Waals surface area (Å²) in [6, 6.07) is 8.22. The number of phenolic OH excluding ortho intramolecular Hbond substituents is 2. The molecular formula is C34H50N6O11. The second-order valence-corrected chi connectivity index (χ2v) is 13.4. The first-order chi connectivity index (χ1) is 23.9. The SMILES string of the molecule is COC(=O)C(C)(C)C=O.COC(=O)C(C)(C)CN1CCN(Cc2cc([N+](=O)[O-])ccc2O)CC1.O=[N+]([O-])c1ccc(O)c(CN2CCNCC2)c1. The van der Waals surface area contributed by atoms with Crippen molar-refractivity contribution in [2.75, 3.05) is 73.1 Å². The molecule has 17 nitrogen and oxygen atoms in total. The largest absolute Gasteiger partial charge is 0.508 e. The molecule has 2 fully saturated rings. The van der Waals surface area contributed by atoms with E-state index in [1.807, 2.05) is 13.8 Å². The maximum Gasteiger partial charge on any atom is 0.318 e. The number of non-ortho nitro benzene ring substituents is 2. The van der Waals surface area contributed by atoms with E-state index < -0.39 is 26.6 Å². The molecule has 2 heterocycles. The monoisotopic (exact) mass is 718 g/mol. The predicted molar refractivity (Wildman–Crippen MR) is 187 cm³/mol. The van der Waals surface area contributed by atoms with Crippen molar-refractivity contribution < 1.29 is 43.9 Å². The van der Waals surface area contributed by atoms with E-state index in [1.54, 1.807) is 0 Å². The first kappa shape index (κ1) is 42.5. The molecule has 282 valence electrons. The van der Waals surface area contributed by atoms with E-state index in [9.17, 15) is 44.8 Å². The smallest absolute Gasteiger partial charge is 0.318 e. The Balaban J connectivity index is 0.000000298. The van der Waals surface area contributed by atoms with Crippen molar-refractivity contribution in [2.24, 2.45) is 10.8 Å². The van der Waals surface area contributed by atoms with Crippen LogP contribution in [0.4, 0.5) is 11.4 Å². The highest BCUT2D eigenvalue weighted by Crippen LogP contribution is 2.26. The zero-order valence-electron chi connectivity index (χ0n) is 30.1. The molecule has 2 saturated heterocycles. The van der Waals surface area contributed by atoms with Gasteiger partial charge in [-0.1, -0.05) is 0 Å². The van der Waals surface area contributed by atoms with Crippen LogP contribution in [-0.2, 0) is 36.9 Å². The molecule has 2 aromatic rings. The van der Waals surface area contributed by atoms with Crippen LogP contribution in [0.1, 0.15) is 38.8 Å². The molecule has 0 unspecified atom stereocenters. The number of benzene rings is 2. The Labute approximate surface area is 297 Å². The number of piperazine rings is 2. The molecule has 0 aromatic heterocycles. The van der Waals surface area contributed by atoms with Crippen LogP contribution in [0.15, 0.2) is 36.4 Å². The molecule has 51 heavy (non-hydrogen) atoms. The van der Waals surface area contributed by atoms with Crippen LogP contribution in [0.3, 0.4) is 0 Å². The molecule has 3 N–H and O–H groups in total. The van der Waals surface area contributed by atoms with Gasteiger partial charge in [-0.3, -0.25) is 44.5 Å². The Hall–Kier alpha value is -4.71. The lowest BCUT2D eigenvalue weighted by Crippen LogP contribution is -2.50. The fourth-order valence-electron chi connectivity index (χ4n) is 5.29. The number of ether oxygens (including phenoxy) is 2. The van der Waals surface area contributed by atoms with Gasteiger partial charge < -0.3 is 29.8 Å². The number of methoxy groups -OCH3 is 2. The lowest BCUT2D eigenvalue weighted by molar-refractivity contribution is -0.385. The summed E-state index contributed by atoms with van der Waals surface area (Å²) in [6.07, 6.45) is 0.568. The molecular weight excluding hydrogens is 668 g/mol. The van der Waals surface area contributed by atoms with E-state index in [2.05, 4.69) is 24.8 Å². The van der Waals surface area contributed by atoms with Gasteiger partial charge in [0.2, 0.25) is 0 Å². The zero-order chi connectivity index (χ0) is 38.4. The van der Waals surface area contributed by atoms with Crippen molar-refractivity contribution in [2.45, 2.75) is 40.8 Å². The van der Waals surface area contributed by atoms with E-state index in [1.165, 1.54) is 64.5 Å². The molecule has 0 bridgehead atoms. The second-order valence-electron chi connectivity index (χ2n) is 13.4. The molecule has 2 aromatic carbocycles. The topological polar surface area (TPSA) is 218 Å². The highest BCUT2D eigenvalue weighted by Gasteiger charge is 2.32. The van der Waals surface area contributed by atoms with Crippen LogP contribution in [0.2, 0.25) is 0 Å². The summed E-state index contributed by atoms with van der Waals surface area (Å²) < 4.78 is 9.18. The van der Waals surface area contributed by atoms with E-state index >= 15 is 0 Å². The zero-order valence-corrected chi connectivity index (χ0v) is 30.1. The third kappa shape index (κ3) is 13.5. The number of nitro groups is 2. The second kappa shape index (κ2) is 19.6. The highest BCUT2D eigenvalue weighted by molar-refractivity contribution is 5.91. The van der Waals surface area contributed by atoms with Gasteiger partial charge in [0, 0.05) is 107 Å². The van der Waals surface area contributed by atoms with Crippen molar-refractivity contribution >= 4 is 29.6 Å². The van der Waals surface area contributed by atoms with Crippen molar-refractivity contribution in [3.05, 3.63) is 67.8 Å². The van der Waals surface area contributed by atoms with Gasteiger partial charge in [-0.05, 0) is 39.8 Å². The summed E-state index contributed by atoms with van der Waals surface area (Å²) in [5.74, 6) is -0.539. The van der Waals surface area contributed by atoms with Crippen molar-refractivity contribution in [1.82, 2.24) is 20.0 Å². The van der Waals surface area contributed by atoms with Crippen LogP contribution < -0.4 is 5.32 Å². The Morgan fingerprint density at radius 2 is 1.18 bits per heavy atom. The number of aromatic hydroxyl groups is 2. The van der Waals surface area contributed by atoms with Crippen molar-refractivity contribution in [1.29, 1.82) is 0 Å². The standard InChI is InChI=1S/C17H25N3O5.C11H15N3O3.C6H10O3/c1-17(2,16(22)25-3)12-19-8-6-18(7-9-19)11-13-10-14(20(23)24)4-5-15(13)21;15-11-2-1-10(14(16)17)7-9(11)8-13-5-3-12-4-6-13;1-6(2,4-7)5(8)9-3/h4-5,10,21H,6-9,11-12H2,1-3H3;1-2,7,12,15H,3-6,8H2;4H,1-3H3. The molecule has 0 radical (unpaired) electrons. The summed E-state index contributed by atoms with van der Waals surface area (Å²) >= 11 is 0. The number of hydrogen-bond donors (Lipinski definition) is 3. The number of rotatable bonds is 11. The van der Waals surface area contributed by atoms with E-state index in [0.717, 1.165) is 52.4 Å². The van der Waals surface area contributed by atoms with Crippen LogP contribution in [0.5, 0.6) is 11.5 Å². The number of nitro benzene ring substituents is 2. The first-order valence-corrected chi connectivity index (χ1v) is 16.4. The minimum Gasteiger partial charge on any atom is -0.508 e. The fourth-order valence-corrected chi connectivity index (χ4v) is 5.29. The average Bonchev–Trinajstić information content (AvgIpc) is 3.10. The predicted octanol–water partition coefficient (Wildman–Crippen LogP) is 2.71. The average molecular weight is 719 g/mol. The molecule has 4 rings (SSSR count). The van der Waals surface area contributed by atoms with Gasteiger partial charge in [0.05, 0.1) is 29.5 Å². The molecule has 0 amide bonds. The number of esters is 2. The van der Waals surface area contributed by atoms with E-state index in [4.69, 9.17) is 4.74 Å². The van der Waals surface area contributed by atoms with Gasteiger partial charge in [0.1, 0.15) is 23.2 Å². The number of phenols is 2. The summed E-state index contributed by atoms with van der Waals surface area (Å²) in [5.41, 5.74) is -0.387. The summed E-state index contributed by atoms with van der Waals surface area (Å²) in [5, 5.41) is 44.4. The molecule has 0 saturated carbocycles. The quantitative estimate of drug-likeness (QED) is 0.100. The van der Waals surface area contributed by atoms with Gasteiger partial charge in [-0.15, -0.1) is 0 Å². The third-order valence-electron chi connectivity index (χ3n) is 8.37. The maximum absolute atomic E-state index is 11.8. The maximum atomic E-state index is 11.8. The van der Waals surface area contributed by atoms with Gasteiger partial charge in [-0.25, -0.2) is 0 Å². The van der Waals surface area contributed by atoms with Crippen LogP contribution in [0.25, 0.3) is 0 Å². The lowest BCUT2D eigenvalue weighted by Gasteiger charge is -2.38. The van der Waals surface area contributed by atoms with Gasteiger partial charge >= 0.3 is 11.9 Å². The Kier molecular flexibility index (Phi) is 16.3. The number of carbonyl (C=O) groups excluding carboxylic acids is 3. The van der Waals surface area contributed by atoms with E-state index in [0.29, 0.717) is 37.0 Å². The van der Waals surface area contributed by atoms with Gasteiger partial charge in [-0.2, -0.15) is 0 Å². The Morgan fingerprint density at radius 3 is 1.55 bits per heavy atom. The van der Waals surface area contributed by atoms with Gasteiger partial charge in [0.15, 0.2) is 0 Å². The van der Waals surface area contributed by atoms with E-state index in [-0.39, 0.29) is 28.8 Å². The lowest BCUT2D eigenvalue weighted by atomic mass is 9.92. The normalized spacial score (nSPS) is 15.6. The summed E-state index contributed by atoms with van der Waals surface area (Å²) in [7, 11) is 2.65. The van der Waals surface area contributed by atoms with Crippen LogP contribution >= 0.6 is 0 Å². The number of carbonyl (C=O) groups is 3. The number of hydrogen-bond acceptors (Lipinski definition) is 15. The number of nitrogens with one attached hydrogen (secondary N) is 1. The van der Waals surface area contributed by atoms with Crippen molar-refractivity contribution in [3.8, 4) is 11.5 Å². The number of nitrogens with zero attached hydrogens (tertiary/aromatic N) is 5. The number of aldehydes is 1. The fraction of sp³-hybridized carbons (Fsp3) is 0.559. The van der Waals surface area contributed by atoms with Crippen molar-refractivity contribution in [3.63, 3.8) is 0 Å². The molecule has 2 aliphatic rings. The molecule has 2 aliphatic heterocycles. The van der Waals surface area contributed by atoms with Crippen LogP contribution in [0, 0.1) is 31.1 Å². The van der Waals surface area contributed by atoms with Gasteiger partial charge in [0.25, 0.3) is 11.4 Å². The summed E-state index contributed by atoms with van der Waals surface area (Å²) in [6.45, 7) is 15.1. The highest BCUT2D eigenvalue weighted by atomic mass is 16.6. The minimum atomic E-state index is -0.991. The summed E-state index contributed by atoms with van der Waals surface area (Å²) in [4.78, 5) is 59.7. The molecule has 17 heteroatoms. The minimum absolute atomic E-state index is 0.0212. The van der Waals surface area contributed by atoms with Crippen LogP contribution in [-0.4, -0.2) is 126 Å². The third-order valence-corrected chi connectivity index (χ3v) is 8.37.